The maximum atomic E-state index is 12.8. The Morgan fingerprint density at radius 2 is 2.04 bits per heavy atom. The van der Waals surface area contributed by atoms with Crippen LogP contribution in [0.4, 0.5) is 5.69 Å². The lowest BCUT2D eigenvalue weighted by Crippen LogP contribution is -2.27. The SMILES string of the molecule is COCCn1c(SCC(=O)Nc2c(C)cc(C)cc2C)nc2c(c1=O)SCC2. The molecule has 1 aliphatic heterocycles. The molecule has 0 unspecified atom stereocenters. The normalized spacial score (nSPS) is 12.9. The third kappa shape index (κ3) is 4.61. The Morgan fingerprint density at radius 3 is 2.71 bits per heavy atom. The van der Waals surface area contributed by atoms with Gasteiger partial charge < -0.3 is 10.1 Å². The fourth-order valence-electron chi connectivity index (χ4n) is 3.30. The van der Waals surface area contributed by atoms with Gasteiger partial charge in [0, 0.05) is 25.0 Å². The summed E-state index contributed by atoms with van der Waals surface area (Å²) in [6.07, 6.45) is 0.794. The van der Waals surface area contributed by atoms with Gasteiger partial charge in [0.25, 0.3) is 5.56 Å². The number of hydrogen-bond acceptors (Lipinski definition) is 6. The maximum Gasteiger partial charge on any atom is 0.268 e. The number of fused-ring (bicyclic) bond motifs is 1. The van der Waals surface area contributed by atoms with Gasteiger partial charge in [-0.15, -0.1) is 11.8 Å². The third-order valence-electron chi connectivity index (χ3n) is 4.54. The molecule has 1 amide bonds. The lowest BCUT2D eigenvalue weighted by molar-refractivity contribution is -0.113. The molecule has 1 aliphatic rings. The summed E-state index contributed by atoms with van der Waals surface area (Å²) in [4.78, 5) is 30.7. The van der Waals surface area contributed by atoms with Crippen molar-refractivity contribution in [2.45, 2.75) is 43.8 Å². The zero-order valence-corrected chi connectivity index (χ0v) is 18.3. The Hall–Kier alpha value is -1.77. The summed E-state index contributed by atoms with van der Waals surface area (Å²) in [6.45, 7) is 6.87. The van der Waals surface area contributed by atoms with Gasteiger partial charge in [-0.1, -0.05) is 29.5 Å². The molecule has 2 heterocycles. The Morgan fingerprint density at radius 1 is 1.32 bits per heavy atom. The number of amides is 1. The van der Waals surface area contributed by atoms with Gasteiger partial charge in [0.05, 0.1) is 29.5 Å². The molecule has 6 nitrogen and oxygen atoms in total. The third-order valence-corrected chi connectivity index (χ3v) is 6.62. The molecule has 28 heavy (non-hydrogen) atoms. The zero-order valence-electron chi connectivity index (χ0n) is 16.6. The molecule has 0 radical (unpaired) electrons. The lowest BCUT2D eigenvalue weighted by Gasteiger charge is -2.15. The van der Waals surface area contributed by atoms with Gasteiger partial charge in [0.2, 0.25) is 5.91 Å². The van der Waals surface area contributed by atoms with Crippen molar-refractivity contribution in [2.24, 2.45) is 0 Å². The average Bonchev–Trinajstić information content (AvgIpc) is 3.11. The Balaban J connectivity index is 1.76. The van der Waals surface area contributed by atoms with Crippen molar-refractivity contribution in [1.82, 2.24) is 9.55 Å². The van der Waals surface area contributed by atoms with Gasteiger partial charge in [-0.2, -0.15) is 0 Å². The van der Waals surface area contributed by atoms with E-state index in [-0.39, 0.29) is 17.2 Å². The zero-order chi connectivity index (χ0) is 20.3. The second-order valence-corrected chi connectivity index (χ2v) is 8.88. The highest BCUT2D eigenvalue weighted by Crippen LogP contribution is 2.29. The van der Waals surface area contributed by atoms with Crippen molar-refractivity contribution in [3.63, 3.8) is 0 Å². The molecular weight excluding hydrogens is 394 g/mol. The predicted octanol–water partition coefficient (Wildman–Crippen LogP) is 3.19. The minimum absolute atomic E-state index is 0.0299. The summed E-state index contributed by atoms with van der Waals surface area (Å²) >= 11 is 2.85. The summed E-state index contributed by atoms with van der Waals surface area (Å²) in [6, 6.07) is 4.11. The van der Waals surface area contributed by atoms with Crippen LogP contribution in [-0.4, -0.2) is 40.7 Å². The van der Waals surface area contributed by atoms with Crippen LogP contribution < -0.4 is 10.9 Å². The average molecular weight is 420 g/mol. The van der Waals surface area contributed by atoms with E-state index in [2.05, 4.69) is 22.4 Å². The molecule has 2 aromatic rings. The van der Waals surface area contributed by atoms with Crippen LogP contribution in [0.5, 0.6) is 0 Å². The van der Waals surface area contributed by atoms with Gasteiger partial charge in [0.15, 0.2) is 5.16 Å². The van der Waals surface area contributed by atoms with Crippen molar-refractivity contribution in [1.29, 1.82) is 0 Å². The van der Waals surface area contributed by atoms with E-state index in [1.165, 1.54) is 17.3 Å². The molecule has 1 aromatic carbocycles. The van der Waals surface area contributed by atoms with E-state index < -0.39 is 0 Å². The second kappa shape index (κ2) is 9.15. The van der Waals surface area contributed by atoms with E-state index in [0.29, 0.717) is 18.3 Å². The minimum Gasteiger partial charge on any atom is -0.383 e. The van der Waals surface area contributed by atoms with E-state index in [9.17, 15) is 9.59 Å². The van der Waals surface area contributed by atoms with Crippen LogP contribution in [0.15, 0.2) is 27.0 Å². The summed E-state index contributed by atoms with van der Waals surface area (Å²) in [5.41, 5.74) is 4.92. The Kier molecular flexibility index (Phi) is 6.85. The smallest absolute Gasteiger partial charge is 0.268 e. The number of aryl methyl sites for hydroxylation is 4. The molecule has 0 bridgehead atoms. The molecule has 0 spiro atoms. The number of carbonyl (C=O) groups is 1. The van der Waals surface area contributed by atoms with Crippen LogP contribution in [0.3, 0.4) is 0 Å². The molecule has 0 saturated carbocycles. The first-order chi connectivity index (χ1) is 13.4. The number of anilines is 1. The highest BCUT2D eigenvalue weighted by Gasteiger charge is 2.22. The quantitative estimate of drug-likeness (QED) is 0.549. The monoisotopic (exact) mass is 419 g/mol. The van der Waals surface area contributed by atoms with Gasteiger partial charge in [-0.05, 0) is 31.9 Å². The molecule has 1 N–H and O–H groups in total. The maximum absolute atomic E-state index is 12.8. The van der Waals surface area contributed by atoms with Crippen LogP contribution in [0.25, 0.3) is 0 Å². The number of hydrogen-bond donors (Lipinski definition) is 1. The predicted molar refractivity (Wildman–Crippen MR) is 115 cm³/mol. The van der Waals surface area contributed by atoms with Crippen molar-refractivity contribution >= 4 is 35.1 Å². The van der Waals surface area contributed by atoms with Gasteiger partial charge in [-0.3, -0.25) is 14.2 Å². The van der Waals surface area contributed by atoms with Crippen molar-refractivity contribution in [3.8, 4) is 0 Å². The van der Waals surface area contributed by atoms with Crippen molar-refractivity contribution in [2.75, 3.05) is 30.5 Å². The number of aromatic nitrogens is 2. The topological polar surface area (TPSA) is 73.2 Å². The van der Waals surface area contributed by atoms with Gasteiger partial charge in [-0.25, -0.2) is 4.98 Å². The largest absolute Gasteiger partial charge is 0.383 e. The minimum atomic E-state index is -0.109. The molecule has 150 valence electrons. The number of rotatable bonds is 7. The first-order valence-corrected chi connectivity index (χ1v) is 11.1. The number of carbonyl (C=O) groups excluding carboxylic acids is 1. The number of methoxy groups -OCH3 is 1. The summed E-state index contributed by atoms with van der Waals surface area (Å²) < 4.78 is 6.76. The van der Waals surface area contributed by atoms with Crippen LogP contribution in [0, 0.1) is 20.8 Å². The summed E-state index contributed by atoms with van der Waals surface area (Å²) in [7, 11) is 1.60. The number of nitrogens with one attached hydrogen (secondary N) is 1. The Labute approximate surface area is 173 Å². The van der Waals surface area contributed by atoms with E-state index in [4.69, 9.17) is 4.74 Å². The fourth-order valence-corrected chi connectivity index (χ4v) is 5.18. The standard InChI is InChI=1S/C20H25N3O3S2/c1-12-9-13(2)17(14(3)10-12)22-16(24)11-28-20-21-15-5-8-27-18(15)19(25)23(20)6-7-26-4/h9-10H,5-8,11H2,1-4H3,(H,22,24). The van der Waals surface area contributed by atoms with Gasteiger partial charge >= 0.3 is 0 Å². The van der Waals surface area contributed by atoms with E-state index in [0.717, 1.165) is 39.6 Å². The molecular formula is C20H25N3O3S2. The second-order valence-electron chi connectivity index (χ2n) is 6.83. The highest BCUT2D eigenvalue weighted by atomic mass is 32.2. The fraction of sp³-hybridized carbons (Fsp3) is 0.450. The van der Waals surface area contributed by atoms with E-state index in [1.807, 2.05) is 20.8 Å². The highest BCUT2D eigenvalue weighted by molar-refractivity contribution is 8.00. The van der Waals surface area contributed by atoms with Crippen molar-refractivity contribution < 1.29 is 9.53 Å². The van der Waals surface area contributed by atoms with Crippen LogP contribution >= 0.6 is 23.5 Å². The van der Waals surface area contributed by atoms with Crippen LogP contribution in [0.2, 0.25) is 0 Å². The van der Waals surface area contributed by atoms with Gasteiger partial charge in [0.1, 0.15) is 0 Å². The number of nitrogens with zero attached hydrogens (tertiary/aromatic N) is 2. The van der Waals surface area contributed by atoms with Crippen LogP contribution in [0.1, 0.15) is 22.4 Å². The van der Waals surface area contributed by atoms with E-state index >= 15 is 0 Å². The first-order valence-electron chi connectivity index (χ1n) is 9.16. The number of ether oxygens (including phenoxy) is 1. The summed E-state index contributed by atoms with van der Waals surface area (Å²) in [5, 5.41) is 3.58. The molecule has 3 rings (SSSR count). The molecule has 0 saturated heterocycles. The molecule has 1 aromatic heterocycles. The Bertz CT molecular complexity index is 933. The van der Waals surface area contributed by atoms with E-state index in [1.54, 1.807) is 23.4 Å². The first kappa shape index (κ1) is 21.0. The number of benzene rings is 1. The molecule has 0 aliphatic carbocycles. The lowest BCUT2D eigenvalue weighted by atomic mass is 10.1. The number of thioether (sulfide) groups is 2. The van der Waals surface area contributed by atoms with Crippen molar-refractivity contribution in [3.05, 3.63) is 44.9 Å². The molecule has 0 fully saturated rings. The van der Waals surface area contributed by atoms with Crippen LogP contribution in [-0.2, 0) is 22.5 Å². The molecule has 8 heteroatoms. The summed E-state index contributed by atoms with van der Waals surface area (Å²) in [5.74, 6) is 0.961. The molecule has 0 atom stereocenters.